The summed E-state index contributed by atoms with van der Waals surface area (Å²) < 4.78 is 0. The lowest BCUT2D eigenvalue weighted by Crippen LogP contribution is -1.93. The number of hydrogen-bond donors (Lipinski definition) is 0. The molecule has 0 atom stereocenters. The van der Waals surface area contributed by atoms with Crippen LogP contribution in [0.25, 0.3) is 0 Å². The minimum Gasteiger partial charge on any atom is -0.126 e. The summed E-state index contributed by atoms with van der Waals surface area (Å²) in [7, 11) is 0. The molecular weight excluding hydrogens is 729 g/mol. The zero-order valence-electron chi connectivity index (χ0n) is 37.1. The second kappa shape index (κ2) is 43.2. The molecule has 1 aromatic carbocycles. The van der Waals surface area contributed by atoms with E-state index >= 15 is 0 Å². The van der Waals surface area contributed by atoms with Crippen LogP contribution >= 0.6 is 47.0 Å². The Morgan fingerprint density at radius 2 is 0.481 bits per heavy atom. The number of rotatable bonds is 44. The molecule has 0 saturated heterocycles. The van der Waals surface area contributed by atoms with E-state index < -0.39 is 0 Å². The molecule has 0 radical (unpaired) electrons. The molecule has 1 rings (SSSR count). The van der Waals surface area contributed by atoms with Gasteiger partial charge < -0.3 is 0 Å². The molecule has 0 amide bonds. The first-order valence-electron chi connectivity index (χ1n) is 24.5. The van der Waals surface area contributed by atoms with Crippen molar-refractivity contribution in [3.63, 3.8) is 0 Å². The van der Waals surface area contributed by atoms with Crippen LogP contribution in [0.3, 0.4) is 0 Å². The van der Waals surface area contributed by atoms with Gasteiger partial charge in [0.1, 0.15) is 0 Å². The average molecular weight is 824 g/mol. The Kier molecular flexibility index (Phi) is 42.1. The van der Waals surface area contributed by atoms with Gasteiger partial charge in [-0.3, -0.25) is 0 Å². The molecule has 0 aliphatic rings. The minimum absolute atomic E-state index is 1.28. The van der Waals surface area contributed by atoms with Crippen LogP contribution in [0.5, 0.6) is 0 Å². The number of unbranched alkanes of at least 4 members (excludes halogenated alkanes) is 32. The highest BCUT2D eigenvalue weighted by molar-refractivity contribution is 8.04. The minimum atomic E-state index is 1.28. The van der Waals surface area contributed by atoms with Crippen LogP contribution in [0.2, 0.25) is 0 Å². The monoisotopic (exact) mass is 823 g/mol. The zero-order chi connectivity index (χ0) is 38.8. The molecular formula is C50H94S4. The van der Waals surface area contributed by atoms with Crippen LogP contribution in [0.15, 0.2) is 31.7 Å². The van der Waals surface area contributed by atoms with Crippen LogP contribution in [0.1, 0.15) is 259 Å². The molecule has 0 aliphatic heterocycles. The zero-order valence-corrected chi connectivity index (χ0v) is 40.3. The first-order valence-corrected chi connectivity index (χ1v) is 28.4. The van der Waals surface area contributed by atoms with E-state index in [2.05, 4.69) is 86.9 Å². The quantitative estimate of drug-likeness (QED) is 0.0475. The smallest absolute Gasteiger partial charge is 0.0345 e. The van der Waals surface area contributed by atoms with Gasteiger partial charge in [-0.05, 0) is 60.8 Å². The van der Waals surface area contributed by atoms with Gasteiger partial charge in [-0.1, -0.05) is 233 Å². The van der Waals surface area contributed by atoms with Crippen molar-refractivity contribution < 1.29 is 0 Å². The molecule has 0 heterocycles. The van der Waals surface area contributed by atoms with Gasteiger partial charge in [0.25, 0.3) is 0 Å². The lowest BCUT2D eigenvalue weighted by Gasteiger charge is -2.17. The normalized spacial score (nSPS) is 11.6. The highest BCUT2D eigenvalue weighted by atomic mass is 32.2. The van der Waals surface area contributed by atoms with Crippen molar-refractivity contribution in [2.24, 2.45) is 0 Å². The molecule has 0 bridgehead atoms. The third kappa shape index (κ3) is 33.6. The second-order valence-electron chi connectivity index (χ2n) is 16.5. The summed E-state index contributed by atoms with van der Waals surface area (Å²) in [6.45, 7) is 9.29. The van der Waals surface area contributed by atoms with Crippen LogP contribution in [0.4, 0.5) is 0 Å². The highest BCUT2D eigenvalue weighted by Gasteiger charge is 2.14. The number of benzene rings is 1. The van der Waals surface area contributed by atoms with Gasteiger partial charge in [-0.15, -0.1) is 47.0 Å². The van der Waals surface area contributed by atoms with Crippen molar-refractivity contribution >= 4 is 47.0 Å². The van der Waals surface area contributed by atoms with E-state index in [4.69, 9.17) is 0 Å². The van der Waals surface area contributed by atoms with E-state index in [1.807, 2.05) is 0 Å². The highest BCUT2D eigenvalue weighted by Crippen LogP contribution is 2.43. The molecule has 0 nitrogen and oxygen atoms in total. The third-order valence-electron chi connectivity index (χ3n) is 11.0. The molecule has 318 valence electrons. The molecule has 1 aromatic rings. The molecule has 54 heavy (non-hydrogen) atoms. The Balaban J connectivity index is 2.80. The van der Waals surface area contributed by atoms with Crippen molar-refractivity contribution in [3.05, 3.63) is 12.1 Å². The maximum absolute atomic E-state index is 2.62. The second-order valence-corrected chi connectivity index (χ2v) is 21.0. The van der Waals surface area contributed by atoms with Crippen molar-refractivity contribution in [3.8, 4) is 0 Å². The summed E-state index contributed by atoms with van der Waals surface area (Å²) in [4.78, 5) is 6.42. The van der Waals surface area contributed by atoms with Gasteiger partial charge in [0.2, 0.25) is 0 Å². The molecule has 4 heteroatoms. The summed E-state index contributed by atoms with van der Waals surface area (Å²) in [5, 5.41) is 0. The van der Waals surface area contributed by atoms with E-state index in [0.717, 1.165) is 0 Å². The topological polar surface area (TPSA) is 0 Å². The summed E-state index contributed by atoms with van der Waals surface area (Å²) >= 11 is 8.77. The van der Waals surface area contributed by atoms with E-state index in [-0.39, 0.29) is 0 Å². The Morgan fingerprint density at radius 3 is 0.759 bits per heavy atom. The van der Waals surface area contributed by atoms with E-state index in [0.29, 0.717) is 0 Å². The molecule has 0 aromatic heterocycles. The molecule has 0 N–H and O–H groups in total. The van der Waals surface area contributed by atoms with Gasteiger partial charge in [0.15, 0.2) is 0 Å². The van der Waals surface area contributed by atoms with Gasteiger partial charge in [0, 0.05) is 19.6 Å². The fourth-order valence-corrected chi connectivity index (χ4v) is 12.3. The number of thioether (sulfide) groups is 4. The summed E-state index contributed by atoms with van der Waals surface area (Å²) in [5.41, 5.74) is 0. The van der Waals surface area contributed by atoms with Gasteiger partial charge >= 0.3 is 0 Å². The lowest BCUT2D eigenvalue weighted by atomic mass is 10.1. The summed E-state index contributed by atoms with van der Waals surface area (Å²) in [6, 6.07) is 5.25. The molecule has 0 fully saturated rings. The molecule has 0 spiro atoms. The summed E-state index contributed by atoms with van der Waals surface area (Å²) in [6.07, 6.45) is 51.1. The molecule has 0 aliphatic carbocycles. The average Bonchev–Trinajstić information content (AvgIpc) is 3.18. The lowest BCUT2D eigenvalue weighted by molar-refractivity contribution is 0.573. The first-order chi connectivity index (χ1) is 26.8. The fraction of sp³-hybridized carbons (Fsp3) is 0.880. The maximum Gasteiger partial charge on any atom is 0.0345 e. The van der Waals surface area contributed by atoms with Crippen LogP contribution < -0.4 is 0 Å². The predicted octanol–water partition coefficient (Wildman–Crippen LogP) is 20.2. The number of hydrogen-bond acceptors (Lipinski definition) is 4. The van der Waals surface area contributed by atoms with Crippen LogP contribution in [-0.2, 0) is 0 Å². The van der Waals surface area contributed by atoms with Crippen LogP contribution in [0, 0.1) is 0 Å². The SMILES string of the molecule is CCCCCCCCCCCSc1cc(SCCCCCCCCCCC)c(SCCCCCCCCCCC)c(SCCCCCCCCCCC)c1. The van der Waals surface area contributed by atoms with Crippen molar-refractivity contribution in [1.29, 1.82) is 0 Å². The van der Waals surface area contributed by atoms with Crippen molar-refractivity contribution in [1.82, 2.24) is 0 Å². The maximum atomic E-state index is 2.62. The third-order valence-corrected chi connectivity index (χ3v) is 15.8. The van der Waals surface area contributed by atoms with Gasteiger partial charge in [-0.2, -0.15) is 0 Å². The van der Waals surface area contributed by atoms with Crippen molar-refractivity contribution in [2.75, 3.05) is 23.0 Å². The Hall–Kier alpha value is 0.620. The Labute approximate surface area is 358 Å². The predicted molar refractivity (Wildman–Crippen MR) is 258 cm³/mol. The van der Waals surface area contributed by atoms with Gasteiger partial charge in [-0.25, -0.2) is 0 Å². The first kappa shape index (κ1) is 52.6. The largest absolute Gasteiger partial charge is 0.126 e. The standard InChI is InChI=1S/C50H94S4/c1-5-9-13-17-21-25-29-33-37-41-51-47-45-48(52-42-38-34-30-26-22-18-14-10-6-2)50(54-44-40-36-32-28-24-20-16-12-8-4)49(46-47)53-43-39-35-31-27-23-19-15-11-7-3/h45-46H,5-44H2,1-4H3. The van der Waals surface area contributed by atoms with Gasteiger partial charge in [0.05, 0.1) is 0 Å². The molecule has 0 unspecified atom stereocenters. The van der Waals surface area contributed by atoms with E-state index in [9.17, 15) is 0 Å². The fourth-order valence-electron chi connectivity index (χ4n) is 7.37. The Morgan fingerprint density at radius 1 is 0.259 bits per heavy atom. The van der Waals surface area contributed by atoms with Crippen LogP contribution in [-0.4, -0.2) is 23.0 Å². The molecule has 0 saturated carbocycles. The summed E-state index contributed by atoms with van der Waals surface area (Å²) in [5.74, 6) is 5.15. The van der Waals surface area contributed by atoms with E-state index in [1.165, 1.54) is 254 Å². The van der Waals surface area contributed by atoms with E-state index in [1.54, 1.807) is 19.6 Å². The Bertz CT molecular complexity index is 840. The van der Waals surface area contributed by atoms with Crippen molar-refractivity contribution in [2.45, 2.75) is 278 Å².